The Kier molecular flexibility index (Phi) is 5.93. The van der Waals surface area contributed by atoms with Crippen molar-refractivity contribution in [2.75, 3.05) is 7.05 Å². The van der Waals surface area contributed by atoms with E-state index in [2.05, 4.69) is 5.32 Å². The monoisotopic (exact) mass is 330 g/mol. The number of nitrogens with zero attached hydrogens (tertiary/aromatic N) is 1. The molecule has 1 unspecified atom stereocenters. The van der Waals surface area contributed by atoms with Gasteiger partial charge in [0.15, 0.2) is 0 Å². The van der Waals surface area contributed by atoms with Crippen molar-refractivity contribution in [1.29, 1.82) is 0 Å². The number of carbonyl (C=O) groups is 2. The molecule has 0 aliphatic heterocycles. The number of carbonyl (C=O) groups excluding carboxylic acids is 2. The van der Waals surface area contributed by atoms with E-state index in [1.165, 1.54) is 0 Å². The van der Waals surface area contributed by atoms with Crippen LogP contribution >= 0.6 is 11.3 Å². The molecule has 2 aromatic rings. The van der Waals surface area contributed by atoms with Crippen LogP contribution in [0.5, 0.6) is 0 Å². The first-order valence-electron chi connectivity index (χ1n) is 7.62. The SMILES string of the molecule is CC(C)C(NC(=O)c1ccccc1)C(=O)N(C)Cc1cccs1. The second-order valence-electron chi connectivity index (χ2n) is 5.83. The Morgan fingerprint density at radius 3 is 2.39 bits per heavy atom. The van der Waals surface area contributed by atoms with E-state index >= 15 is 0 Å². The van der Waals surface area contributed by atoms with Crippen molar-refractivity contribution < 1.29 is 9.59 Å². The van der Waals surface area contributed by atoms with Gasteiger partial charge in [-0.25, -0.2) is 0 Å². The Hall–Kier alpha value is -2.14. The van der Waals surface area contributed by atoms with E-state index in [1.54, 1.807) is 35.4 Å². The average molecular weight is 330 g/mol. The molecule has 0 saturated carbocycles. The third kappa shape index (κ3) is 4.66. The molecule has 0 fully saturated rings. The summed E-state index contributed by atoms with van der Waals surface area (Å²) in [5.41, 5.74) is 0.562. The van der Waals surface area contributed by atoms with E-state index in [0.29, 0.717) is 12.1 Å². The van der Waals surface area contributed by atoms with Gasteiger partial charge in [-0.1, -0.05) is 38.1 Å². The first-order chi connectivity index (χ1) is 11.0. The molecule has 0 spiro atoms. The number of likely N-dealkylation sites (N-methyl/N-ethyl adjacent to an activating group) is 1. The maximum Gasteiger partial charge on any atom is 0.251 e. The number of hydrogen-bond donors (Lipinski definition) is 1. The van der Waals surface area contributed by atoms with Gasteiger partial charge in [0.2, 0.25) is 5.91 Å². The number of thiophene rings is 1. The van der Waals surface area contributed by atoms with Crippen LogP contribution in [0, 0.1) is 5.92 Å². The molecular weight excluding hydrogens is 308 g/mol. The predicted molar refractivity (Wildman–Crippen MR) is 93.3 cm³/mol. The Morgan fingerprint density at radius 1 is 1.13 bits per heavy atom. The van der Waals surface area contributed by atoms with Gasteiger partial charge < -0.3 is 10.2 Å². The highest BCUT2D eigenvalue weighted by Gasteiger charge is 2.27. The topological polar surface area (TPSA) is 49.4 Å². The van der Waals surface area contributed by atoms with Crippen LogP contribution < -0.4 is 5.32 Å². The lowest BCUT2D eigenvalue weighted by molar-refractivity contribution is -0.133. The second-order valence-corrected chi connectivity index (χ2v) is 6.87. The summed E-state index contributed by atoms with van der Waals surface area (Å²) in [6, 6.07) is 12.4. The van der Waals surface area contributed by atoms with Crippen molar-refractivity contribution in [1.82, 2.24) is 10.2 Å². The van der Waals surface area contributed by atoms with Gasteiger partial charge in [-0.15, -0.1) is 11.3 Å². The molecule has 2 rings (SSSR count). The summed E-state index contributed by atoms with van der Waals surface area (Å²) < 4.78 is 0. The van der Waals surface area contributed by atoms with Gasteiger partial charge in [0.05, 0.1) is 6.54 Å². The summed E-state index contributed by atoms with van der Waals surface area (Å²) in [4.78, 5) is 27.8. The lowest BCUT2D eigenvalue weighted by Crippen LogP contribution is -2.49. The quantitative estimate of drug-likeness (QED) is 0.884. The van der Waals surface area contributed by atoms with Crippen LogP contribution in [0.25, 0.3) is 0 Å². The van der Waals surface area contributed by atoms with Crippen molar-refractivity contribution in [3.63, 3.8) is 0 Å². The van der Waals surface area contributed by atoms with Gasteiger partial charge in [-0.3, -0.25) is 9.59 Å². The van der Waals surface area contributed by atoms with Crippen LogP contribution in [-0.2, 0) is 11.3 Å². The molecule has 2 amide bonds. The van der Waals surface area contributed by atoms with Crippen LogP contribution in [0.2, 0.25) is 0 Å². The minimum atomic E-state index is -0.535. The molecule has 23 heavy (non-hydrogen) atoms. The van der Waals surface area contributed by atoms with Crippen molar-refractivity contribution in [3.05, 3.63) is 58.3 Å². The lowest BCUT2D eigenvalue weighted by Gasteiger charge is -2.27. The van der Waals surface area contributed by atoms with Crippen LogP contribution in [0.15, 0.2) is 47.8 Å². The molecule has 4 nitrogen and oxygen atoms in total. The molecule has 1 atom stereocenters. The standard InChI is InChI=1S/C18H22N2O2S/c1-13(2)16(19-17(21)14-8-5-4-6-9-14)18(22)20(3)12-15-10-7-11-23-15/h4-11,13,16H,12H2,1-3H3,(H,19,21). The van der Waals surface area contributed by atoms with Crippen LogP contribution in [-0.4, -0.2) is 29.8 Å². The Bertz CT molecular complexity index is 638. The van der Waals surface area contributed by atoms with Gasteiger partial charge in [-0.05, 0) is 29.5 Å². The number of nitrogens with one attached hydrogen (secondary N) is 1. The number of amides is 2. The highest BCUT2D eigenvalue weighted by atomic mass is 32.1. The molecular formula is C18H22N2O2S. The van der Waals surface area contributed by atoms with E-state index in [9.17, 15) is 9.59 Å². The lowest BCUT2D eigenvalue weighted by atomic mass is 10.0. The zero-order valence-electron chi connectivity index (χ0n) is 13.7. The highest BCUT2D eigenvalue weighted by molar-refractivity contribution is 7.09. The molecule has 5 heteroatoms. The van der Waals surface area contributed by atoms with Gasteiger partial charge in [0.25, 0.3) is 5.91 Å². The normalized spacial score (nSPS) is 12.0. The largest absolute Gasteiger partial charge is 0.340 e. The summed E-state index contributed by atoms with van der Waals surface area (Å²) in [6.45, 7) is 4.43. The average Bonchev–Trinajstić information content (AvgIpc) is 3.05. The molecule has 1 N–H and O–H groups in total. The molecule has 122 valence electrons. The summed E-state index contributed by atoms with van der Waals surface area (Å²) in [5.74, 6) is -0.277. The number of rotatable bonds is 6. The van der Waals surface area contributed by atoms with Gasteiger partial charge >= 0.3 is 0 Å². The predicted octanol–water partition coefficient (Wildman–Crippen LogP) is 3.16. The van der Waals surface area contributed by atoms with Crippen LogP contribution in [0.3, 0.4) is 0 Å². The van der Waals surface area contributed by atoms with Crippen LogP contribution in [0.4, 0.5) is 0 Å². The van der Waals surface area contributed by atoms with E-state index < -0.39 is 6.04 Å². The zero-order valence-corrected chi connectivity index (χ0v) is 14.5. The maximum absolute atomic E-state index is 12.7. The zero-order chi connectivity index (χ0) is 16.8. The molecule has 0 saturated heterocycles. The fraction of sp³-hybridized carbons (Fsp3) is 0.333. The molecule has 1 heterocycles. The third-order valence-corrected chi connectivity index (χ3v) is 4.47. The number of benzene rings is 1. The molecule has 1 aromatic heterocycles. The summed E-state index contributed by atoms with van der Waals surface area (Å²) in [6.07, 6.45) is 0. The third-order valence-electron chi connectivity index (χ3n) is 3.60. The van der Waals surface area contributed by atoms with Crippen LogP contribution in [0.1, 0.15) is 29.1 Å². The maximum atomic E-state index is 12.7. The van der Waals surface area contributed by atoms with Crippen molar-refractivity contribution >= 4 is 23.2 Å². The van der Waals surface area contributed by atoms with E-state index in [-0.39, 0.29) is 17.7 Å². The minimum Gasteiger partial charge on any atom is -0.340 e. The second kappa shape index (κ2) is 7.92. The van der Waals surface area contributed by atoms with E-state index in [4.69, 9.17) is 0 Å². The van der Waals surface area contributed by atoms with Gasteiger partial charge in [-0.2, -0.15) is 0 Å². The summed E-state index contributed by atoms with van der Waals surface area (Å²) >= 11 is 1.62. The van der Waals surface area contributed by atoms with E-state index in [1.807, 2.05) is 49.6 Å². The molecule has 0 aliphatic carbocycles. The van der Waals surface area contributed by atoms with Crippen molar-refractivity contribution in [3.8, 4) is 0 Å². The van der Waals surface area contributed by atoms with Gasteiger partial charge in [0, 0.05) is 17.5 Å². The Balaban J connectivity index is 2.05. The summed E-state index contributed by atoms with van der Waals surface area (Å²) in [5, 5.41) is 4.86. The fourth-order valence-electron chi connectivity index (χ4n) is 2.28. The van der Waals surface area contributed by atoms with E-state index in [0.717, 1.165) is 4.88 Å². The Labute approximate surface area is 141 Å². The smallest absolute Gasteiger partial charge is 0.251 e. The molecule has 0 bridgehead atoms. The molecule has 0 radical (unpaired) electrons. The Morgan fingerprint density at radius 2 is 1.83 bits per heavy atom. The van der Waals surface area contributed by atoms with Gasteiger partial charge in [0.1, 0.15) is 6.04 Å². The van der Waals surface area contributed by atoms with Crippen molar-refractivity contribution in [2.24, 2.45) is 5.92 Å². The first-order valence-corrected chi connectivity index (χ1v) is 8.50. The summed E-state index contributed by atoms with van der Waals surface area (Å²) in [7, 11) is 1.77. The first kappa shape index (κ1) is 17.2. The number of hydrogen-bond acceptors (Lipinski definition) is 3. The highest BCUT2D eigenvalue weighted by Crippen LogP contribution is 2.14. The molecule has 0 aliphatic rings. The van der Waals surface area contributed by atoms with Crippen molar-refractivity contribution in [2.45, 2.75) is 26.4 Å². The fourth-order valence-corrected chi connectivity index (χ4v) is 3.04. The molecule has 1 aromatic carbocycles. The minimum absolute atomic E-state index is 0.0148.